The van der Waals surface area contributed by atoms with Crippen LogP contribution in [0.25, 0.3) is 10.9 Å². The summed E-state index contributed by atoms with van der Waals surface area (Å²) in [6.45, 7) is 2.26. The number of aliphatic hydroxyl groups is 1. The number of likely N-dealkylation sites (N-methyl/N-ethyl adjacent to an activating group) is 1. The fourth-order valence-electron chi connectivity index (χ4n) is 3.96. The molecule has 0 bridgehead atoms. The lowest BCUT2D eigenvalue weighted by Gasteiger charge is -2.32. The van der Waals surface area contributed by atoms with Crippen molar-refractivity contribution in [3.8, 4) is 0 Å². The maximum atomic E-state index is 13.1. The molecule has 156 valence electrons. The fourth-order valence-corrected chi connectivity index (χ4v) is 4.92. The van der Waals surface area contributed by atoms with Gasteiger partial charge in [-0.2, -0.15) is 0 Å². The highest BCUT2D eigenvalue weighted by Crippen LogP contribution is 2.28. The minimum atomic E-state index is -0.267. The van der Waals surface area contributed by atoms with Crippen molar-refractivity contribution in [1.29, 1.82) is 0 Å². The number of likely N-dealkylation sites (tertiary alicyclic amines) is 1. The number of thioether (sulfide) groups is 1. The van der Waals surface area contributed by atoms with E-state index in [4.69, 9.17) is 0 Å². The van der Waals surface area contributed by atoms with Gasteiger partial charge in [0.15, 0.2) is 0 Å². The van der Waals surface area contributed by atoms with Crippen molar-refractivity contribution in [2.24, 2.45) is 0 Å². The monoisotopic (exact) mass is 421 g/mol. The Balaban J connectivity index is 1.47. The third-order valence-electron chi connectivity index (χ3n) is 5.67. The molecule has 1 aromatic heterocycles. The molecule has 1 aliphatic rings. The first kappa shape index (κ1) is 20.8. The standard InChI is InChI=1S/C24H27N3O2S/c1-26(21(18-7-3-2-4-8-18)16-27-14-12-20(28)15-27)23(29)17-30-22-11-5-9-19-10-6-13-25-24(19)22/h2-11,13,20-21,28H,12,14-17H2,1H3/t20-,21?/m0/s1. The van der Waals surface area contributed by atoms with E-state index < -0.39 is 0 Å². The second-order valence-electron chi connectivity index (χ2n) is 7.75. The molecule has 4 rings (SSSR count). The average molecular weight is 422 g/mol. The van der Waals surface area contributed by atoms with Gasteiger partial charge in [-0.05, 0) is 24.1 Å². The molecule has 0 spiro atoms. The number of amides is 1. The van der Waals surface area contributed by atoms with E-state index >= 15 is 0 Å². The first-order valence-corrected chi connectivity index (χ1v) is 11.3. The Labute approximate surface area is 181 Å². The van der Waals surface area contributed by atoms with Gasteiger partial charge in [0.25, 0.3) is 0 Å². The molecule has 2 atom stereocenters. The SMILES string of the molecule is CN(C(=O)CSc1cccc2cccnc12)C(CN1CC[C@H](O)C1)c1ccccc1. The summed E-state index contributed by atoms with van der Waals surface area (Å²) in [4.78, 5) is 22.7. The molecular formula is C24H27N3O2S. The van der Waals surface area contributed by atoms with Crippen LogP contribution in [-0.4, -0.2) is 64.3 Å². The molecule has 1 saturated heterocycles. The van der Waals surface area contributed by atoms with Gasteiger partial charge in [0.2, 0.25) is 5.91 Å². The molecule has 0 aliphatic carbocycles. The number of fused-ring (bicyclic) bond motifs is 1. The van der Waals surface area contributed by atoms with Crippen LogP contribution in [0.3, 0.4) is 0 Å². The molecule has 2 heterocycles. The Hall–Kier alpha value is -2.41. The van der Waals surface area contributed by atoms with Gasteiger partial charge in [-0.3, -0.25) is 14.7 Å². The molecule has 5 nitrogen and oxygen atoms in total. The molecule has 30 heavy (non-hydrogen) atoms. The molecule has 6 heteroatoms. The van der Waals surface area contributed by atoms with Crippen molar-refractivity contribution in [1.82, 2.24) is 14.8 Å². The number of rotatable bonds is 7. The molecule has 1 aliphatic heterocycles. The molecule has 1 unspecified atom stereocenters. The molecule has 0 radical (unpaired) electrons. The van der Waals surface area contributed by atoms with E-state index in [0.717, 1.165) is 40.9 Å². The highest BCUT2D eigenvalue weighted by molar-refractivity contribution is 8.00. The van der Waals surface area contributed by atoms with Crippen molar-refractivity contribution in [2.45, 2.75) is 23.5 Å². The number of β-amino-alcohol motifs (C(OH)–C–C–N with tert-alkyl or cyclic N) is 1. The topological polar surface area (TPSA) is 56.7 Å². The zero-order valence-corrected chi connectivity index (χ0v) is 18.0. The Morgan fingerprint density at radius 2 is 2.00 bits per heavy atom. The molecule has 1 N–H and O–H groups in total. The number of nitrogens with zero attached hydrogens (tertiary/aromatic N) is 3. The number of benzene rings is 2. The summed E-state index contributed by atoms with van der Waals surface area (Å²) in [6.07, 6.45) is 2.32. The van der Waals surface area contributed by atoms with Gasteiger partial charge in [0.05, 0.1) is 23.4 Å². The van der Waals surface area contributed by atoms with Gasteiger partial charge in [0, 0.05) is 43.2 Å². The normalized spacial score (nSPS) is 17.9. The van der Waals surface area contributed by atoms with E-state index in [-0.39, 0.29) is 18.1 Å². The Bertz CT molecular complexity index is 993. The molecule has 3 aromatic rings. The van der Waals surface area contributed by atoms with E-state index in [2.05, 4.69) is 22.0 Å². The summed E-state index contributed by atoms with van der Waals surface area (Å²) in [7, 11) is 1.88. The van der Waals surface area contributed by atoms with Crippen LogP contribution < -0.4 is 0 Å². The van der Waals surface area contributed by atoms with Crippen LogP contribution in [-0.2, 0) is 4.79 Å². The van der Waals surface area contributed by atoms with Gasteiger partial charge in [-0.15, -0.1) is 11.8 Å². The number of hydrogen-bond acceptors (Lipinski definition) is 5. The van der Waals surface area contributed by atoms with E-state index in [1.807, 2.05) is 60.5 Å². The fraction of sp³-hybridized carbons (Fsp3) is 0.333. The zero-order valence-electron chi connectivity index (χ0n) is 17.1. The van der Waals surface area contributed by atoms with Gasteiger partial charge < -0.3 is 10.0 Å². The lowest BCUT2D eigenvalue weighted by Crippen LogP contribution is -2.39. The second kappa shape index (κ2) is 9.60. The van der Waals surface area contributed by atoms with E-state index in [1.54, 1.807) is 6.20 Å². The third kappa shape index (κ3) is 4.83. The van der Waals surface area contributed by atoms with Crippen LogP contribution in [0.5, 0.6) is 0 Å². The predicted molar refractivity (Wildman–Crippen MR) is 121 cm³/mol. The lowest BCUT2D eigenvalue weighted by atomic mass is 10.1. The summed E-state index contributed by atoms with van der Waals surface area (Å²) >= 11 is 1.53. The van der Waals surface area contributed by atoms with Crippen LogP contribution >= 0.6 is 11.8 Å². The average Bonchev–Trinajstić information content (AvgIpc) is 3.20. The highest BCUT2D eigenvalue weighted by atomic mass is 32.2. The summed E-state index contributed by atoms with van der Waals surface area (Å²) in [5.41, 5.74) is 2.05. The third-order valence-corrected chi connectivity index (χ3v) is 6.70. The molecule has 1 amide bonds. The van der Waals surface area contributed by atoms with Gasteiger partial charge in [-0.1, -0.05) is 48.5 Å². The number of para-hydroxylation sites is 1. The van der Waals surface area contributed by atoms with E-state index in [0.29, 0.717) is 12.3 Å². The Morgan fingerprint density at radius 1 is 1.20 bits per heavy atom. The predicted octanol–water partition coefficient (Wildman–Crippen LogP) is 3.59. The Kier molecular flexibility index (Phi) is 6.67. The number of pyridine rings is 1. The van der Waals surface area contributed by atoms with Gasteiger partial charge >= 0.3 is 0 Å². The van der Waals surface area contributed by atoms with Crippen LogP contribution in [0.1, 0.15) is 18.0 Å². The zero-order chi connectivity index (χ0) is 20.9. The summed E-state index contributed by atoms with van der Waals surface area (Å²) in [5, 5.41) is 11.0. The van der Waals surface area contributed by atoms with Crippen LogP contribution in [0.4, 0.5) is 0 Å². The van der Waals surface area contributed by atoms with Gasteiger partial charge in [-0.25, -0.2) is 0 Å². The number of carbonyl (C=O) groups is 1. The highest BCUT2D eigenvalue weighted by Gasteiger charge is 2.28. The summed E-state index contributed by atoms with van der Waals surface area (Å²) in [6, 6.07) is 20.1. The summed E-state index contributed by atoms with van der Waals surface area (Å²) in [5.74, 6) is 0.444. The van der Waals surface area contributed by atoms with Gasteiger partial charge in [0.1, 0.15) is 0 Å². The molecule has 0 saturated carbocycles. The van der Waals surface area contributed by atoms with Crippen molar-refractivity contribution in [3.63, 3.8) is 0 Å². The smallest absolute Gasteiger partial charge is 0.233 e. The first-order chi connectivity index (χ1) is 14.6. The van der Waals surface area contributed by atoms with Crippen molar-refractivity contribution < 1.29 is 9.90 Å². The summed E-state index contributed by atoms with van der Waals surface area (Å²) < 4.78 is 0. The van der Waals surface area contributed by atoms with Crippen LogP contribution in [0, 0.1) is 0 Å². The van der Waals surface area contributed by atoms with E-state index in [9.17, 15) is 9.90 Å². The number of hydrogen-bond donors (Lipinski definition) is 1. The Morgan fingerprint density at radius 3 is 2.77 bits per heavy atom. The van der Waals surface area contributed by atoms with E-state index in [1.165, 1.54) is 11.8 Å². The van der Waals surface area contributed by atoms with Crippen molar-refractivity contribution >= 4 is 28.6 Å². The van der Waals surface area contributed by atoms with Crippen LogP contribution in [0.2, 0.25) is 0 Å². The molecule has 2 aromatic carbocycles. The molecule has 1 fully saturated rings. The second-order valence-corrected chi connectivity index (χ2v) is 8.77. The first-order valence-electron chi connectivity index (χ1n) is 10.3. The minimum Gasteiger partial charge on any atom is -0.392 e. The number of carbonyl (C=O) groups excluding carboxylic acids is 1. The largest absolute Gasteiger partial charge is 0.392 e. The van der Waals surface area contributed by atoms with Crippen molar-refractivity contribution in [2.75, 3.05) is 32.4 Å². The molecular weight excluding hydrogens is 394 g/mol. The van der Waals surface area contributed by atoms with Crippen LogP contribution in [0.15, 0.2) is 71.8 Å². The maximum Gasteiger partial charge on any atom is 0.233 e. The number of aliphatic hydroxyl groups excluding tert-OH is 1. The van der Waals surface area contributed by atoms with Crippen molar-refractivity contribution in [3.05, 3.63) is 72.4 Å². The number of aromatic nitrogens is 1. The lowest BCUT2D eigenvalue weighted by molar-refractivity contribution is -0.129. The quantitative estimate of drug-likeness (QED) is 0.591. The minimum absolute atomic E-state index is 0.0461. The maximum absolute atomic E-state index is 13.1.